The molecule has 64 heavy (non-hydrogen) atoms. The maximum absolute atomic E-state index is 14.2. The van der Waals surface area contributed by atoms with E-state index in [0.717, 1.165) is 161 Å². The van der Waals surface area contributed by atoms with Crippen molar-refractivity contribution in [1.82, 2.24) is 0 Å². The van der Waals surface area contributed by atoms with Crippen molar-refractivity contribution >= 4 is 29.8 Å². The molecule has 0 aromatic carbocycles. The van der Waals surface area contributed by atoms with Gasteiger partial charge in [0.2, 0.25) is 0 Å². The fourth-order valence-corrected chi connectivity index (χ4v) is 7.98. The van der Waals surface area contributed by atoms with E-state index in [2.05, 4.69) is 34.6 Å². The molecule has 0 aromatic rings. The molecule has 0 amide bonds. The van der Waals surface area contributed by atoms with Gasteiger partial charge in [0.15, 0.2) is 0 Å². The molecule has 0 aromatic heterocycles. The SMILES string of the molecule is CCCCCCCCCCC(=O)OC(OC(=O)CCCCCCCC)(OC(=O)CCCCCCCCC)C(CCCCCCCCC)(OC(=O)CCCCC)OC(=O)CCCCCC. The summed E-state index contributed by atoms with van der Waals surface area (Å²) in [4.78, 5) is 70.7. The molecule has 376 valence electrons. The van der Waals surface area contributed by atoms with E-state index in [9.17, 15) is 24.0 Å². The quantitative estimate of drug-likeness (QED) is 0.0330. The summed E-state index contributed by atoms with van der Waals surface area (Å²) in [5, 5.41) is 0. The minimum absolute atomic E-state index is 0.00782. The lowest BCUT2D eigenvalue weighted by Gasteiger charge is -2.43. The molecule has 0 aliphatic heterocycles. The third-order valence-corrected chi connectivity index (χ3v) is 12.1. The maximum Gasteiger partial charge on any atom is 0.506 e. The van der Waals surface area contributed by atoms with E-state index in [1.807, 2.05) is 6.92 Å². The number of esters is 5. The number of rotatable bonds is 47. The van der Waals surface area contributed by atoms with E-state index in [1.165, 1.54) is 19.3 Å². The van der Waals surface area contributed by atoms with Crippen LogP contribution < -0.4 is 0 Å². The Hall–Kier alpha value is -2.65. The lowest BCUT2D eigenvalue weighted by Crippen LogP contribution is -2.65. The van der Waals surface area contributed by atoms with Crippen molar-refractivity contribution in [1.29, 1.82) is 0 Å². The number of unbranched alkanes of at least 4 members (excludes halogenated alkanes) is 29. The van der Waals surface area contributed by atoms with Crippen LogP contribution in [0.1, 0.15) is 305 Å². The molecule has 0 aliphatic rings. The first kappa shape index (κ1) is 61.4. The molecule has 0 N–H and O–H groups in total. The molecule has 0 heterocycles. The molecule has 0 aliphatic carbocycles. The zero-order valence-electron chi connectivity index (χ0n) is 42.6. The molecule has 0 spiro atoms. The van der Waals surface area contributed by atoms with Crippen LogP contribution in [-0.4, -0.2) is 41.6 Å². The minimum Gasteiger partial charge on any atom is -0.411 e. The Morgan fingerprint density at radius 3 is 0.719 bits per heavy atom. The van der Waals surface area contributed by atoms with Crippen LogP contribution >= 0.6 is 0 Å². The van der Waals surface area contributed by atoms with Gasteiger partial charge in [-0.3, -0.25) is 24.0 Å². The molecule has 0 fully saturated rings. The van der Waals surface area contributed by atoms with Crippen molar-refractivity contribution in [3.8, 4) is 0 Å². The summed E-state index contributed by atoms with van der Waals surface area (Å²) in [7, 11) is 0. The third kappa shape index (κ3) is 32.1. The Bertz CT molecular complexity index is 1160. The lowest BCUT2D eigenvalue weighted by atomic mass is 10.0. The molecule has 0 saturated carbocycles. The number of hydrogen-bond acceptors (Lipinski definition) is 10. The van der Waals surface area contributed by atoms with E-state index in [4.69, 9.17) is 23.7 Å². The van der Waals surface area contributed by atoms with E-state index >= 15 is 0 Å². The van der Waals surface area contributed by atoms with Gasteiger partial charge in [-0.15, -0.1) is 0 Å². The second-order valence-electron chi connectivity index (χ2n) is 18.4. The highest BCUT2D eigenvalue weighted by atomic mass is 16.9. The number of hydrogen-bond donors (Lipinski definition) is 0. The van der Waals surface area contributed by atoms with Crippen molar-refractivity contribution in [2.75, 3.05) is 0 Å². The Kier molecular flexibility index (Phi) is 41.2. The van der Waals surface area contributed by atoms with Crippen LogP contribution in [0.3, 0.4) is 0 Å². The summed E-state index contributed by atoms with van der Waals surface area (Å²) < 4.78 is 31.4. The van der Waals surface area contributed by atoms with Crippen molar-refractivity contribution in [3.05, 3.63) is 0 Å². The molecule has 0 saturated heterocycles. The predicted molar refractivity (Wildman–Crippen MR) is 259 cm³/mol. The fraction of sp³-hybridized carbons (Fsp3) is 0.907. The molecular formula is C54H100O10. The zero-order valence-corrected chi connectivity index (χ0v) is 42.6. The van der Waals surface area contributed by atoms with E-state index in [0.29, 0.717) is 44.9 Å². The van der Waals surface area contributed by atoms with Gasteiger partial charge in [-0.1, -0.05) is 228 Å². The monoisotopic (exact) mass is 909 g/mol. The van der Waals surface area contributed by atoms with Crippen LogP contribution in [0.15, 0.2) is 0 Å². The first-order valence-electron chi connectivity index (χ1n) is 27.2. The third-order valence-electron chi connectivity index (χ3n) is 12.1. The van der Waals surface area contributed by atoms with Crippen LogP contribution in [0.4, 0.5) is 0 Å². The zero-order chi connectivity index (χ0) is 47.4. The smallest absolute Gasteiger partial charge is 0.411 e. The lowest BCUT2D eigenvalue weighted by molar-refractivity contribution is -0.443. The average molecular weight is 909 g/mol. The molecule has 2 unspecified atom stereocenters. The van der Waals surface area contributed by atoms with Gasteiger partial charge in [0.1, 0.15) is 0 Å². The van der Waals surface area contributed by atoms with Crippen LogP contribution in [0, 0.1) is 0 Å². The minimum atomic E-state index is -2.98. The van der Waals surface area contributed by atoms with Crippen molar-refractivity contribution in [2.24, 2.45) is 0 Å². The maximum atomic E-state index is 14.2. The van der Waals surface area contributed by atoms with Crippen LogP contribution in [0.5, 0.6) is 0 Å². The predicted octanol–water partition coefficient (Wildman–Crippen LogP) is 16.2. The van der Waals surface area contributed by atoms with Gasteiger partial charge >= 0.3 is 41.6 Å². The largest absolute Gasteiger partial charge is 0.506 e. The van der Waals surface area contributed by atoms with Gasteiger partial charge in [-0.05, 0) is 38.5 Å². The summed E-state index contributed by atoms with van der Waals surface area (Å²) in [6.45, 7) is 12.8. The van der Waals surface area contributed by atoms with E-state index < -0.39 is 41.6 Å². The van der Waals surface area contributed by atoms with E-state index in [1.54, 1.807) is 0 Å². The van der Waals surface area contributed by atoms with Crippen LogP contribution in [0.2, 0.25) is 0 Å². The summed E-state index contributed by atoms with van der Waals surface area (Å²) in [5.41, 5.74) is 0. The number of carbonyl (C=O) groups excluding carboxylic acids is 5. The molecule has 2 atom stereocenters. The highest BCUT2D eigenvalue weighted by Crippen LogP contribution is 2.42. The van der Waals surface area contributed by atoms with Gasteiger partial charge < -0.3 is 23.7 Å². The molecule has 0 rings (SSSR count). The second kappa shape index (κ2) is 43.0. The van der Waals surface area contributed by atoms with Crippen LogP contribution in [0.25, 0.3) is 0 Å². The number of carbonyl (C=O) groups is 5. The van der Waals surface area contributed by atoms with Crippen LogP contribution in [-0.2, 0) is 47.7 Å². The molecule has 10 nitrogen and oxygen atoms in total. The standard InChI is InChI=1S/C54H100O10/c1-7-13-19-24-28-30-34-40-46-52(59)64-54(62-50(57)44-38-32-27-22-16-10-4,63-51(58)45-39-33-29-25-20-14-8-2)53(60-48(55)42-36-18-12-6,47-41-35-31-26-21-15-9-3)61-49(56)43-37-23-17-11-5/h7-47H2,1-6H3. The normalized spacial score (nSPS) is 13.2. The van der Waals surface area contributed by atoms with Gasteiger partial charge in [0.05, 0.1) is 0 Å². The Morgan fingerprint density at radius 1 is 0.250 bits per heavy atom. The highest BCUT2D eigenvalue weighted by molar-refractivity contribution is 5.76. The Labute approximate surface area is 392 Å². The fourth-order valence-electron chi connectivity index (χ4n) is 7.98. The van der Waals surface area contributed by atoms with Crippen molar-refractivity contribution in [3.63, 3.8) is 0 Å². The van der Waals surface area contributed by atoms with Gasteiger partial charge in [0.25, 0.3) is 0 Å². The second-order valence-corrected chi connectivity index (χ2v) is 18.4. The first-order valence-corrected chi connectivity index (χ1v) is 27.2. The van der Waals surface area contributed by atoms with Gasteiger partial charge in [0, 0.05) is 38.5 Å². The molecule has 0 radical (unpaired) electrons. The topological polar surface area (TPSA) is 132 Å². The van der Waals surface area contributed by atoms with Crippen molar-refractivity contribution < 1.29 is 47.7 Å². The summed E-state index contributed by atoms with van der Waals surface area (Å²) in [5.74, 6) is -9.33. The molecule has 0 bridgehead atoms. The highest BCUT2D eigenvalue weighted by Gasteiger charge is 2.69. The molecular weight excluding hydrogens is 809 g/mol. The summed E-state index contributed by atoms with van der Waals surface area (Å²) >= 11 is 0. The average Bonchev–Trinajstić information content (AvgIpc) is 3.26. The van der Waals surface area contributed by atoms with E-state index in [-0.39, 0.29) is 38.5 Å². The van der Waals surface area contributed by atoms with Gasteiger partial charge in [-0.25, -0.2) is 0 Å². The molecule has 10 heteroatoms. The summed E-state index contributed by atoms with van der Waals surface area (Å²) in [6, 6.07) is 0. The number of ether oxygens (including phenoxy) is 5. The first-order chi connectivity index (χ1) is 31.1. The Balaban J connectivity index is 7.38. The van der Waals surface area contributed by atoms with Crippen molar-refractivity contribution in [2.45, 2.75) is 317 Å². The summed E-state index contributed by atoms with van der Waals surface area (Å²) in [6.07, 6.45) is 31.3. The Morgan fingerprint density at radius 2 is 0.438 bits per heavy atom. The van der Waals surface area contributed by atoms with Gasteiger partial charge in [-0.2, -0.15) is 0 Å².